The molecule has 2 aromatic rings. The lowest BCUT2D eigenvalue weighted by molar-refractivity contribution is 0.562. The molecule has 0 spiro atoms. The summed E-state index contributed by atoms with van der Waals surface area (Å²) in [6.45, 7) is 0. The van der Waals surface area contributed by atoms with Crippen LogP contribution in [0, 0.1) is 0 Å². The highest BCUT2D eigenvalue weighted by atomic mass is 16.3. The zero-order valence-electron chi connectivity index (χ0n) is 9.86. The fourth-order valence-electron chi connectivity index (χ4n) is 2.59. The average Bonchev–Trinajstić information content (AvgIpc) is 2.91. The smallest absolute Gasteiger partial charge is 0.0953 e. The molecule has 1 aromatic carbocycles. The first-order valence-corrected chi connectivity index (χ1v) is 6.24. The summed E-state index contributed by atoms with van der Waals surface area (Å²) in [6, 6.07) is 8.53. The average molecular weight is 227 g/mol. The Kier molecular flexibility index (Phi) is 2.73. The van der Waals surface area contributed by atoms with E-state index < -0.39 is 0 Å². The van der Waals surface area contributed by atoms with Crippen LogP contribution in [0.2, 0.25) is 0 Å². The highest BCUT2D eigenvalue weighted by molar-refractivity contribution is 5.38. The van der Waals surface area contributed by atoms with Gasteiger partial charge in [-0.15, -0.1) is 0 Å². The van der Waals surface area contributed by atoms with Gasteiger partial charge in [-0.1, -0.05) is 18.2 Å². The number of hydrogen-bond acceptors (Lipinski definition) is 2. The molecule has 2 N–H and O–H groups in total. The van der Waals surface area contributed by atoms with Crippen molar-refractivity contribution in [1.29, 1.82) is 0 Å². The standard InChI is InChI=1S/C15H17NO/c16-15(14-7-8-17-10-14)13-6-5-11-3-1-2-4-12(11)9-13/h5-10,15H,1-4,16H2. The van der Waals surface area contributed by atoms with E-state index in [9.17, 15) is 0 Å². The molecule has 0 radical (unpaired) electrons. The molecule has 17 heavy (non-hydrogen) atoms. The normalized spacial score (nSPS) is 16.5. The molecule has 88 valence electrons. The second-order valence-electron chi connectivity index (χ2n) is 4.77. The van der Waals surface area contributed by atoms with Crippen molar-refractivity contribution in [2.24, 2.45) is 5.73 Å². The molecule has 3 rings (SSSR count). The molecule has 2 heteroatoms. The van der Waals surface area contributed by atoms with Crippen molar-refractivity contribution in [2.75, 3.05) is 0 Å². The maximum Gasteiger partial charge on any atom is 0.0953 e. The van der Waals surface area contributed by atoms with E-state index in [1.807, 2.05) is 6.07 Å². The zero-order chi connectivity index (χ0) is 11.7. The van der Waals surface area contributed by atoms with Gasteiger partial charge in [-0.3, -0.25) is 0 Å². The van der Waals surface area contributed by atoms with Crippen LogP contribution in [0.5, 0.6) is 0 Å². The lowest BCUT2D eigenvalue weighted by Crippen LogP contribution is -2.12. The molecular weight excluding hydrogens is 210 g/mol. The van der Waals surface area contributed by atoms with Gasteiger partial charge in [0.25, 0.3) is 0 Å². The van der Waals surface area contributed by atoms with Gasteiger partial charge in [0.1, 0.15) is 0 Å². The van der Waals surface area contributed by atoms with Crippen LogP contribution >= 0.6 is 0 Å². The van der Waals surface area contributed by atoms with Crippen molar-refractivity contribution in [3.63, 3.8) is 0 Å². The molecule has 0 saturated heterocycles. The Morgan fingerprint density at radius 2 is 1.82 bits per heavy atom. The minimum atomic E-state index is -0.0685. The Morgan fingerprint density at radius 1 is 1.00 bits per heavy atom. The van der Waals surface area contributed by atoms with Crippen LogP contribution in [0.15, 0.2) is 41.2 Å². The number of nitrogens with two attached hydrogens (primary N) is 1. The lowest BCUT2D eigenvalue weighted by atomic mass is 9.88. The summed E-state index contributed by atoms with van der Waals surface area (Å²) < 4.78 is 5.09. The predicted molar refractivity (Wildman–Crippen MR) is 67.8 cm³/mol. The van der Waals surface area contributed by atoms with E-state index in [0.717, 1.165) is 5.56 Å². The molecule has 0 aliphatic heterocycles. The first-order valence-electron chi connectivity index (χ1n) is 6.24. The maximum atomic E-state index is 6.23. The van der Waals surface area contributed by atoms with E-state index in [2.05, 4.69) is 18.2 Å². The Hall–Kier alpha value is -1.54. The second kappa shape index (κ2) is 4.38. The van der Waals surface area contributed by atoms with Crippen LogP contribution in [0.3, 0.4) is 0 Å². The summed E-state index contributed by atoms with van der Waals surface area (Å²) in [7, 11) is 0. The van der Waals surface area contributed by atoms with Gasteiger partial charge >= 0.3 is 0 Å². The first-order chi connectivity index (χ1) is 8.34. The Balaban J connectivity index is 1.93. The van der Waals surface area contributed by atoms with E-state index in [0.29, 0.717) is 0 Å². The molecule has 1 unspecified atom stereocenters. The monoisotopic (exact) mass is 227 g/mol. The molecular formula is C15H17NO. The van der Waals surface area contributed by atoms with E-state index in [4.69, 9.17) is 10.2 Å². The zero-order valence-corrected chi connectivity index (χ0v) is 9.86. The van der Waals surface area contributed by atoms with Crippen LogP contribution in [0.25, 0.3) is 0 Å². The maximum absolute atomic E-state index is 6.23. The van der Waals surface area contributed by atoms with Gasteiger partial charge in [0.2, 0.25) is 0 Å². The summed E-state index contributed by atoms with van der Waals surface area (Å²) in [5.41, 5.74) is 11.4. The number of benzene rings is 1. The van der Waals surface area contributed by atoms with Crippen LogP contribution in [0.4, 0.5) is 0 Å². The number of rotatable bonds is 2. The molecule has 2 nitrogen and oxygen atoms in total. The van der Waals surface area contributed by atoms with E-state index in [1.54, 1.807) is 12.5 Å². The molecule has 0 fully saturated rings. The van der Waals surface area contributed by atoms with Gasteiger partial charge in [-0.25, -0.2) is 0 Å². The van der Waals surface area contributed by atoms with Gasteiger partial charge in [-0.2, -0.15) is 0 Å². The van der Waals surface area contributed by atoms with Gasteiger partial charge in [0.15, 0.2) is 0 Å². The molecule has 0 saturated carbocycles. The van der Waals surface area contributed by atoms with Crippen molar-refractivity contribution in [2.45, 2.75) is 31.7 Å². The number of hydrogen-bond donors (Lipinski definition) is 1. The molecule has 1 atom stereocenters. The van der Waals surface area contributed by atoms with Gasteiger partial charge in [-0.05, 0) is 48.4 Å². The molecule has 1 aliphatic carbocycles. The van der Waals surface area contributed by atoms with Gasteiger partial charge in [0, 0.05) is 5.56 Å². The van der Waals surface area contributed by atoms with Crippen LogP contribution in [0.1, 0.15) is 41.1 Å². The van der Waals surface area contributed by atoms with Crippen LogP contribution < -0.4 is 5.73 Å². The predicted octanol–water partition coefficient (Wildman–Crippen LogP) is 3.21. The highest BCUT2D eigenvalue weighted by Gasteiger charge is 2.14. The molecule has 0 bridgehead atoms. The summed E-state index contributed by atoms with van der Waals surface area (Å²) in [5, 5.41) is 0. The minimum absolute atomic E-state index is 0.0685. The van der Waals surface area contributed by atoms with Crippen molar-refractivity contribution in [1.82, 2.24) is 0 Å². The second-order valence-corrected chi connectivity index (χ2v) is 4.77. The lowest BCUT2D eigenvalue weighted by Gasteiger charge is -2.18. The van der Waals surface area contributed by atoms with Crippen LogP contribution in [-0.4, -0.2) is 0 Å². The molecule has 1 heterocycles. The van der Waals surface area contributed by atoms with Crippen molar-refractivity contribution < 1.29 is 4.42 Å². The van der Waals surface area contributed by atoms with Crippen molar-refractivity contribution in [3.05, 3.63) is 59.0 Å². The number of furan rings is 1. The summed E-state index contributed by atoms with van der Waals surface area (Å²) in [4.78, 5) is 0. The van der Waals surface area contributed by atoms with Gasteiger partial charge < -0.3 is 10.2 Å². The van der Waals surface area contributed by atoms with Crippen LogP contribution in [-0.2, 0) is 12.8 Å². The largest absolute Gasteiger partial charge is 0.472 e. The summed E-state index contributed by atoms with van der Waals surface area (Å²) in [5.74, 6) is 0. The third-order valence-corrected chi connectivity index (χ3v) is 3.63. The molecule has 1 aromatic heterocycles. The van der Waals surface area contributed by atoms with E-state index in [-0.39, 0.29) is 6.04 Å². The summed E-state index contributed by atoms with van der Waals surface area (Å²) in [6.07, 6.45) is 8.44. The molecule has 0 amide bonds. The van der Waals surface area contributed by atoms with E-state index >= 15 is 0 Å². The summed E-state index contributed by atoms with van der Waals surface area (Å²) >= 11 is 0. The quantitative estimate of drug-likeness (QED) is 0.855. The highest BCUT2D eigenvalue weighted by Crippen LogP contribution is 2.26. The third-order valence-electron chi connectivity index (χ3n) is 3.63. The Bertz CT molecular complexity index is 502. The minimum Gasteiger partial charge on any atom is -0.472 e. The first kappa shape index (κ1) is 10.6. The fraction of sp³-hybridized carbons (Fsp3) is 0.333. The fourth-order valence-corrected chi connectivity index (χ4v) is 2.59. The number of aryl methyl sites for hydroxylation is 2. The molecule has 1 aliphatic rings. The Labute approximate surface area is 101 Å². The Morgan fingerprint density at radius 3 is 2.59 bits per heavy atom. The van der Waals surface area contributed by atoms with E-state index in [1.165, 1.54) is 42.4 Å². The van der Waals surface area contributed by atoms with Crippen molar-refractivity contribution in [3.8, 4) is 0 Å². The SMILES string of the molecule is NC(c1ccoc1)c1ccc2c(c1)CCCC2. The van der Waals surface area contributed by atoms with Gasteiger partial charge in [0.05, 0.1) is 18.6 Å². The third kappa shape index (κ3) is 2.01. The topological polar surface area (TPSA) is 39.2 Å². The number of fused-ring (bicyclic) bond motifs is 1. The van der Waals surface area contributed by atoms with Crippen molar-refractivity contribution >= 4 is 0 Å².